The van der Waals surface area contributed by atoms with Gasteiger partial charge in [-0.05, 0) is 43.7 Å². The van der Waals surface area contributed by atoms with Crippen molar-refractivity contribution in [3.05, 3.63) is 47.5 Å². The molecule has 0 saturated carbocycles. The van der Waals surface area contributed by atoms with Gasteiger partial charge in [0, 0.05) is 18.2 Å². The number of hydrogen-bond acceptors (Lipinski definition) is 5. The van der Waals surface area contributed by atoms with Gasteiger partial charge in [0.15, 0.2) is 11.5 Å². The van der Waals surface area contributed by atoms with E-state index >= 15 is 0 Å². The summed E-state index contributed by atoms with van der Waals surface area (Å²) in [5, 5.41) is 2.68. The van der Waals surface area contributed by atoms with Crippen LogP contribution in [0.3, 0.4) is 0 Å². The van der Waals surface area contributed by atoms with E-state index in [1.165, 1.54) is 12.1 Å². The topological polar surface area (TPSA) is 93.7 Å². The van der Waals surface area contributed by atoms with Crippen molar-refractivity contribution >= 4 is 21.6 Å². The minimum absolute atomic E-state index is 0.0132. The molecule has 0 bridgehead atoms. The van der Waals surface area contributed by atoms with E-state index < -0.39 is 10.0 Å². The first-order chi connectivity index (χ1) is 12.4. The predicted molar refractivity (Wildman–Crippen MR) is 97.4 cm³/mol. The molecule has 138 valence electrons. The first-order valence-corrected chi connectivity index (χ1v) is 9.70. The Balaban J connectivity index is 1.88. The van der Waals surface area contributed by atoms with Crippen molar-refractivity contribution in [2.45, 2.75) is 18.7 Å². The van der Waals surface area contributed by atoms with Crippen molar-refractivity contribution in [2.24, 2.45) is 0 Å². The maximum absolute atomic E-state index is 12.7. The van der Waals surface area contributed by atoms with Gasteiger partial charge >= 0.3 is 0 Å². The van der Waals surface area contributed by atoms with E-state index in [1.54, 1.807) is 38.1 Å². The Kier molecular flexibility index (Phi) is 5.03. The molecule has 1 aliphatic heterocycles. The zero-order valence-corrected chi connectivity index (χ0v) is 15.4. The van der Waals surface area contributed by atoms with E-state index in [0.717, 1.165) is 0 Å². The molecule has 0 aliphatic carbocycles. The second kappa shape index (κ2) is 7.25. The minimum atomic E-state index is -3.85. The number of aryl methyl sites for hydroxylation is 1. The molecule has 0 spiro atoms. The number of amides is 1. The Morgan fingerprint density at radius 2 is 1.81 bits per heavy atom. The summed E-state index contributed by atoms with van der Waals surface area (Å²) < 4.78 is 38.8. The highest BCUT2D eigenvalue weighted by atomic mass is 32.2. The number of ether oxygens (including phenoxy) is 2. The Labute approximate surface area is 152 Å². The van der Waals surface area contributed by atoms with E-state index in [2.05, 4.69) is 10.0 Å². The number of fused-ring (bicyclic) bond motifs is 1. The van der Waals surface area contributed by atoms with Crippen LogP contribution >= 0.6 is 0 Å². The molecule has 2 aromatic rings. The predicted octanol–water partition coefficient (Wildman–Crippen LogP) is 2.32. The van der Waals surface area contributed by atoms with Gasteiger partial charge in [0.05, 0.1) is 10.6 Å². The SMILES string of the molecule is CCNC(=O)c1cc(S(=O)(=O)Nc2ccc3c(c2)OCCO3)ccc1C. The third-order valence-electron chi connectivity index (χ3n) is 3.90. The molecule has 0 radical (unpaired) electrons. The van der Waals surface area contributed by atoms with Crippen LogP contribution in [0.1, 0.15) is 22.8 Å². The molecular weight excluding hydrogens is 356 g/mol. The Bertz CT molecular complexity index is 941. The van der Waals surface area contributed by atoms with Crippen LogP contribution in [0.25, 0.3) is 0 Å². The zero-order chi connectivity index (χ0) is 18.7. The summed E-state index contributed by atoms with van der Waals surface area (Å²) in [5.41, 5.74) is 1.39. The van der Waals surface area contributed by atoms with Crippen molar-refractivity contribution in [2.75, 3.05) is 24.5 Å². The average Bonchev–Trinajstić information content (AvgIpc) is 2.61. The Morgan fingerprint density at radius 1 is 1.08 bits per heavy atom. The standard InChI is InChI=1S/C18H20N2O5S/c1-3-19-18(21)15-11-14(6-4-12(15)2)26(22,23)20-13-5-7-16-17(10-13)25-9-8-24-16/h4-7,10-11,20H,3,8-9H2,1-2H3,(H,19,21). The second-order valence-corrected chi connectivity index (χ2v) is 7.48. The minimum Gasteiger partial charge on any atom is -0.486 e. The molecule has 1 aliphatic rings. The molecule has 2 N–H and O–H groups in total. The molecule has 26 heavy (non-hydrogen) atoms. The van der Waals surface area contributed by atoms with Crippen LogP contribution in [0, 0.1) is 6.92 Å². The van der Waals surface area contributed by atoms with Crippen LogP contribution < -0.4 is 19.5 Å². The third-order valence-corrected chi connectivity index (χ3v) is 5.27. The molecule has 3 rings (SSSR count). The van der Waals surface area contributed by atoms with Gasteiger partial charge in [-0.3, -0.25) is 9.52 Å². The van der Waals surface area contributed by atoms with Crippen LogP contribution in [-0.2, 0) is 10.0 Å². The summed E-state index contributed by atoms with van der Waals surface area (Å²) in [6.07, 6.45) is 0. The lowest BCUT2D eigenvalue weighted by atomic mass is 10.1. The van der Waals surface area contributed by atoms with E-state index in [-0.39, 0.29) is 10.8 Å². The fraction of sp³-hybridized carbons (Fsp3) is 0.278. The van der Waals surface area contributed by atoms with Crippen molar-refractivity contribution in [1.29, 1.82) is 0 Å². The fourth-order valence-electron chi connectivity index (χ4n) is 2.59. The van der Waals surface area contributed by atoms with Gasteiger partial charge in [-0.15, -0.1) is 0 Å². The smallest absolute Gasteiger partial charge is 0.261 e. The Morgan fingerprint density at radius 3 is 2.54 bits per heavy atom. The van der Waals surface area contributed by atoms with Crippen molar-refractivity contribution in [3.8, 4) is 11.5 Å². The maximum atomic E-state index is 12.7. The monoisotopic (exact) mass is 376 g/mol. The number of hydrogen-bond donors (Lipinski definition) is 2. The van der Waals surface area contributed by atoms with Gasteiger partial charge in [0.25, 0.3) is 15.9 Å². The van der Waals surface area contributed by atoms with E-state index in [0.29, 0.717) is 48.1 Å². The molecule has 0 aromatic heterocycles. The number of rotatable bonds is 5. The summed E-state index contributed by atoms with van der Waals surface area (Å²) in [4.78, 5) is 12.1. The molecule has 1 amide bonds. The largest absolute Gasteiger partial charge is 0.486 e. The number of carbonyl (C=O) groups excluding carboxylic acids is 1. The van der Waals surface area contributed by atoms with Crippen molar-refractivity contribution in [1.82, 2.24) is 5.32 Å². The van der Waals surface area contributed by atoms with Gasteiger partial charge in [-0.2, -0.15) is 0 Å². The number of nitrogens with one attached hydrogen (secondary N) is 2. The summed E-state index contributed by atoms with van der Waals surface area (Å²) >= 11 is 0. The molecule has 1 heterocycles. The van der Waals surface area contributed by atoms with E-state index in [4.69, 9.17) is 9.47 Å². The van der Waals surface area contributed by atoms with Crippen LogP contribution in [0.5, 0.6) is 11.5 Å². The molecular formula is C18H20N2O5S. The summed E-state index contributed by atoms with van der Waals surface area (Å²) in [6.45, 7) is 4.90. The molecule has 7 nitrogen and oxygen atoms in total. The molecule has 0 saturated heterocycles. The summed E-state index contributed by atoms with van der Waals surface area (Å²) in [7, 11) is -3.85. The Hall–Kier alpha value is -2.74. The number of sulfonamides is 1. The molecule has 2 aromatic carbocycles. The van der Waals surface area contributed by atoms with Gasteiger partial charge in [-0.1, -0.05) is 6.07 Å². The number of benzene rings is 2. The third kappa shape index (κ3) is 3.75. The highest BCUT2D eigenvalue weighted by molar-refractivity contribution is 7.92. The summed E-state index contributed by atoms with van der Waals surface area (Å²) in [6, 6.07) is 9.29. The zero-order valence-electron chi connectivity index (χ0n) is 14.5. The molecule has 8 heteroatoms. The quantitative estimate of drug-likeness (QED) is 0.835. The lowest BCUT2D eigenvalue weighted by Gasteiger charge is -2.19. The van der Waals surface area contributed by atoms with Crippen LogP contribution in [0.4, 0.5) is 5.69 Å². The lowest BCUT2D eigenvalue weighted by Crippen LogP contribution is -2.24. The summed E-state index contributed by atoms with van der Waals surface area (Å²) in [5.74, 6) is 0.762. The normalized spacial score (nSPS) is 13.2. The first kappa shape index (κ1) is 18.1. The van der Waals surface area contributed by atoms with Gasteiger partial charge in [-0.25, -0.2) is 8.42 Å². The van der Waals surface area contributed by atoms with Gasteiger partial charge in [0.2, 0.25) is 0 Å². The number of carbonyl (C=O) groups is 1. The highest BCUT2D eigenvalue weighted by Gasteiger charge is 2.19. The van der Waals surface area contributed by atoms with E-state index in [1.807, 2.05) is 0 Å². The second-order valence-electron chi connectivity index (χ2n) is 5.80. The first-order valence-electron chi connectivity index (χ1n) is 8.22. The molecule has 0 atom stereocenters. The number of anilines is 1. The van der Waals surface area contributed by atoms with Crippen LogP contribution in [0.15, 0.2) is 41.3 Å². The highest BCUT2D eigenvalue weighted by Crippen LogP contribution is 2.33. The van der Waals surface area contributed by atoms with Crippen molar-refractivity contribution in [3.63, 3.8) is 0 Å². The average molecular weight is 376 g/mol. The van der Waals surface area contributed by atoms with Gasteiger partial charge in [0.1, 0.15) is 13.2 Å². The van der Waals surface area contributed by atoms with Crippen LogP contribution in [-0.4, -0.2) is 34.1 Å². The maximum Gasteiger partial charge on any atom is 0.261 e. The lowest BCUT2D eigenvalue weighted by molar-refractivity contribution is 0.0955. The van der Waals surface area contributed by atoms with Gasteiger partial charge < -0.3 is 14.8 Å². The molecule has 0 fully saturated rings. The van der Waals surface area contributed by atoms with Crippen LogP contribution in [0.2, 0.25) is 0 Å². The van der Waals surface area contributed by atoms with E-state index in [9.17, 15) is 13.2 Å². The molecule has 0 unspecified atom stereocenters. The van der Waals surface area contributed by atoms with Crippen molar-refractivity contribution < 1.29 is 22.7 Å². The fourth-order valence-corrected chi connectivity index (χ4v) is 3.66.